The van der Waals surface area contributed by atoms with Crippen LogP contribution in [0.25, 0.3) is 0 Å². The first-order chi connectivity index (χ1) is 11.8. The molecule has 2 rings (SSSR count). The summed E-state index contributed by atoms with van der Waals surface area (Å²) in [5, 5.41) is 0. The van der Waals surface area contributed by atoms with Crippen molar-refractivity contribution in [3.05, 3.63) is 22.5 Å². The molecule has 0 saturated heterocycles. The van der Waals surface area contributed by atoms with E-state index >= 15 is 0 Å². The largest absolute Gasteiger partial charge is 0.462 e. The van der Waals surface area contributed by atoms with Crippen molar-refractivity contribution in [2.75, 3.05) is 6.61 Å². The number of hydrogen-bond acceptors (Lipinski definition) is 5. The molecule has 1 fully saturated rings. The molecule has 6 heteroatoms. The number of rotatable bonds is 7. The predicted octanol–water partition coefficient (Wildman–Crippen LogP) is 3.50. The third kappa shape index (κ3) is 4.50. The fraction of sp³-hybridized carbons (Fsp3) is 0.632. The van der Waals surface area contributed by atoms with Crippen molar-refractivity contribution in [3.63, 3.8) is 0 Å². The number of carbonyl (C=O) groups is 3. The van der Waals surface area contributed by atoms with E-state index in [2.05, 4.69) is 4.98 Å². The van der Waals surface area contributed by atoms with Crippen LogP contribution in [-0.2, 0) is 14.3 Å². The lowest BCUT2D eigenvalue weighted by atomic mass is 10.0. The van der Waals surface area contributed by atoms with Crippen molar-refractivity contribution in [3.8, 4) is 0 Å². The van der Waals surface area contributed by atoms with Gasteiger partial charge in [-0.3, -0.25) is 9.59 Å². The fourth-order valence-corrected chi connectivity index (χ4v) is 3.46. The minimum absolute atomic E-state index is 0.265. The summed E-state index contributed by atoms with van der Waals surface area (Å²) in [5.41, 5.74) is 1.76. The molecule has 0 aliphatic heterocycles. The highest BCUT2D eigenvalue weighted by Crippen LogP contribution is 2.28. The Kier molecular flexibility index (Phi) is 6.39. The summed E-state index contributed by atoms with van der Waals surface area (Å²) in [6.07, 6.45) is 3.90. The predicted molar refractivity (Wildman–Crippen MR) is 92.7 cm³/mol. The van der Waals surface area contributed by atoms with Gasteiger partial charge in [0.2, 0.25) is 5.78 Å². The molecule has 0 radical (unpaired) electrons. The second kappa shape index (κ2) is 8.32. The van der Waals surface area contributed by atoms with Crippen molar-refractivity contribution >= 4 is 17.7 Å². The Morgan fingerprint density at radius 2 is 1.84 bits per heavy atom. The molecule has 1 heterocycles. The fourth-order valence-electron chi connectivity index (χ4n) is 3.46. The Hall–Kier alpha value is -2.11. The lowest BCUT2D eigenvalue weighted by molar-refractivity contribution is -0.147. The molecule has 0 aromatic carbocycles. The highest BCUT2D eigenvalue weighted by Gasteiger charge is 2.28. The van der Waals surface area contributed by atoms with Crippen LogP contribution in [0, 0.1) is 19.8 Å². The summed E-state index contributed by atoms with van der Waals surface area (Å²) in [4.78, 5) is 39.6. The quantitative estimate of drug-likeness (QED) is 0.601. The van der Waals surface area contributed by atoms with Crippen LogP contribution < -0.4 is 0 Å². The number of Topliss-reactive ketones (excluding diaryl/α,β-unsaturated/α-hetero) is 1. The van der Waals surface area contributed by atoms with Gasteiger partial charge in [-0.1, -0.05) is 12.8 Å². The second-order valence-corrected chi connectivity index (χ2v) is 6.70. The molecule has 1 aliphatic rings. The number of aromatic nitrogens is 1. The minimum atomic E-state index is -0.888. The molecule has 1 aliphatic carbocycles. The van der Waals surface area contributed by atoms with E-state index in [9.17, 15) is 14.4 Å². The highest BCUT2D eigenvalue weighted by atomic mass is 16.5. The van der Waals surface area contributed by atoms with E-state index < -0.39 is 12.1 Å². The van der Waals surface area contributed by atoms with Crippen molar-refractivity contribution in [1.29, 1.82) is 0 Å². The van der Waals surface area contributed by atoms with Crippen LogP contribution in [0.1, 0.15) is 78.1 Å². The van der Waals surface area contributed by atoms with Crippen molar-refractivity contribution in [2.45, 2.75) is 65.9 Å². The van der Waals surface area contributed by atoms with Crippen LogP contribution in [0.3, 0.4) is 0 Å². The summed E-state index contributed by atoms with van der Waals surface area (Å²) in [6, 6.07) is 0. The van der Waals surface area contributed by atoms with Crippen LogP contribution in [0.15, 0.2) is 0 Å². The van der Waals surface area contributed by atoms with E-state index in [4.69, 9.17) is 9.47 Å². The first-order valence-corrected chi connectivity index (χ1v) is 8.95. The number of esters is 2. The summed E-state index contributed by atoms with van der Waals surface area (Å²) in [6.45, 7) is 6.96. The average molecular weight is 349 g/mol. The summed E-state index contributed by atoms with van der Waals surface area (Å²) >= 11 is 0. The number of ether oxygens (including phenoxy) is 2. The third-order valence-electron chi connectivity index (χ3n) is 4.77. The molecule has 6 nitrogen and oxygen atoms in total. The van der Waals surface area contributed by atoms with Crippen molar-refractivity contribution in [1.82, 2.24) is 4.98 Å². The Balaban J connectivity index is 2.05. The molecular formula is C19H27NO5. The minimum Gasteiger partial charge on any atom is -0.462 e. The van der Waals surface area contributed by atoms with Gasteiger partial charge in [-0.05, 0) is 52.0 Å². The number of aryl methyl sites for hydroxylation is 1. The van der Waals surface area contributed by atoms with Gasteiger partial charge in [-0.25, -0.2) is 4.79 Å². The lowest BCUT2D eigenvalue weighted by Gasteiger charge is -2.14. The molecule has 1 aromatic heterocycles. The molecule has 0 spiro atoms. The van der Waals surface area contributed by atoms with E-state index in [1.165, 1.54) is 0 Å². The van der Waals surface area contributed by atoms with Crippen molar-refractivity contribution in [2.24, 2.45) is 5.92 Å². The van der Waals surface area contributed by atoms with Crippen LogP contribution in [0.5, 0.6) is 0 Å². The SMILES string of the molecule is CCOC(=O)c1c(C)[nH]c(C(=O)C(C)OC(=O)CC2CCCC2)c1C. The Bertz CT molecular complexity index is 655. The molecule has 1 aromatic rings. The van der Waals surface area contributed by atoms with Gasteiger partial charge in [-0.15, -0.1) is 0 Å². The normalized spacial score (nSPS) is 15.8. The number of carbonyl (C=O) groups excluding carboxylic acids is 3. The lowest BCUT2D eigenvalue weighted by Crippen LogP contribution is -2.26. The van der Waals surface area contributed by atoms with Gasteiger partial charge >= 0.3 is 11.9 Å². The van der Waals surface area contributed by atoms with Gasteiger partial charge in [-0.2, -0.15) is 0 Å². The summed E-state index contributed by atoms with van der Waals surface area (Å²) in [5.74, 6) is -0.756. The van der Waals surface area contributed by atoms with Crippen LogP contribution in [0.4, 0.5) is 0 Å². The van der Waals surface area contributed by atoms with Crippen LogP contribution in [-0.4, -0.2) is 35.4 Å². The topological polar surface area (TPSA) is 85.5 Å². The van der Waals surface area contributed by atoms with Gasteiger partial charge in [0.25, 0.3) is 0 Å². The van der Waals surface area contributed by atoms with Gasteiger partial charge in [0.1, 0.15) is 0 Å². The van der Waals surface area contributed by atoms with Crippen LogP contribution in [0.2, 0.25) is 0 Å². The molecule has 1 unspecified atom stereocenters. The van der Waals surface area contributed by atoms with E-state index in [0.29, 0.717) is 34.9 Å². The maximum atomic E-state index is 12.6. The Labute approximate surface area is 148 Å². The summed E-state index contributed by atoms with van der Waals surface area (Å²) < 4.78 is 10.3. The monoisotopic (exact) mass is 349 g/mol. The number of nitrogens with one attached hydrogen (secondary N) is 1. The Morgan fingerprint density at radius 3 is 2.44 bits per heavy atom. The number of aromatic amines is 1. The van der Waals surface area contributed by atoms with Crippen molar-refractivity contribution < 1.29 is 23.9 Å². The zero-order valence-corrected chi connectivity index (χ0v) is 15.4. The molecule has 138 valence electrons. The van der Waals surface area contributed by atoms with E-state index in [0.717, 1.165) is 25.7 Å². The van der Waals surface area contributed by atoms with E-state index in [1.54, 1.807) is 27.7 Å². The van der Waals surface area contributed by atoms with E-state index in [1.807, 2.05) is 0 Å². The molecule has 0 bridgehead atoms. The molecule has 1 atom stereocenters. The van der Waals surface area contributed by atoms with Gasteiger partial charge < -0.3 is 14.5 Å². The zero-order chi connectivity index (χ0) is 18.6. The number of ketones is 1. The maximum absolute atomic E-state index is 12.6. The van der Waals surface area contributed by atoms with E-state index in [-0.39, 0.29) is 18.4 Å². The maximum Gasteiger partial charge on any atom is 0.340 e. The highest BCUT2D eigenvalue weighted by molar-refractivity contribution is 6.03. The molecule has 25 heavy (non-hydrogen) atoms. The molecule has 1 N–H and O–H groups in total. The van der Waals surface area contributed by atoms with Gasteiger partial charge in [0.05, 0.1) is 17.9 Å². The Morgan fingerprint density at radius 1 is 1.20 bits per heavy atom. The molecular weight excluding hydrogens is 322 g/mol. The standard InChI is InChI=1S/C19H27NO5/c1-5-24-19(23)16-11(2)17(20-12(16)3)18(22)13(4)25-15(21)10-14-8-6-7-9-14/h13-14,20H,5-10H2,1-4H3. The summed E-state index contributed by atoms with van der Waals surface area (Å²) in [7, 11) is 0. The first-order valence-electron chi connectivity index (χ1n) is 8.95. The number of H-pyrrole nitrogens is 1. The van der Waals surface area contributed by atoms with Gasteiger partial charge in [0.15, 0.2) is 6.10 Å². The smallest absolute Gasteiger partial charge is 0.340 e. The van der Waals surface area contributed by atoms with Crippen LogP contribution >= 0.6 is 0 Å². The third-order valence-corrected chi connectivity index (χ3v) is 4.77. The zero-order valence-electron chi connectivity index (χ0n) is 15.4. The average Bonchev–Trinajstić information content (AvgIpc) is 3.14. The molecule has 1 saturated carbocycles. The molecule has 0 amide bonds. The first kappa shape index (κ1) is 19.2. The second-order valence-electron chi connectivity index (χ2n) is 6.70. The number of hydrogen-bond donors (Lipinski definition) is 1. The van der Waals surface area contributed by atoms with Gasteiger partial charge in [0, 0.05) is 12.1 Å².